The Morgan fingerprint density at radius 3 is 1.10 bits per heavy atom. The van der Waals surface area contributed by atoms with E-state index < -0.39 is 12.1 Å². The predicted molar refractivity (Wildman–Crippen MR) is 251 cm³/mol. The molecule has 1 atom stereocenters. The average Bonchev–Trinajstić information content (AvgIpc) is 3.23. The van der Waals surface area contributed by atoms with Crippen molar-refractivity contribution in [1.29, 1.82) is 0 Å². The van der Waals surface area contributed by atoms with Gasteiger partial charge in [-0.3, -0.25) is 14.4 Å². The number of hydrogen-bond donors (Lipinski definition) is 0. The zero-order chi connectivity index (χ0) is 43.0. The minimum absolute atomic E-state index is 0.114. The summed E-state index contributed by atoms with van der Waals surface area (Å²) in [4.78, 5) is 37.8. The van der Waals surface area contributed by atoms with Gasteiger partial charge in [-0.15, -0.1) is 0 Å². The summed E-state index contributed by atoms with van der Waals surface area (Å²) in [6.07, 6.45) is 60.1. The standard InChI is InChI=1S/C53H88O6/c1-4-7-10-13-16-19-22-25-26-29-31-34-37-40-43-46-52(55)58-49-50(59-53(56)47-44-41-38-35-32-28-24-21-18-15-12-9-6-3)48-57-51(54)45-42-39-36-33-30-27-23-20-17-14-11-8-5-2/h8-9,11-12,17-18,20-21,27-28,30,32,38,41,50H,4-7,10,13-16,19,22-26,29,31,33-37,39-40,42-49H2,1-3H3/b11-8-,12-9-,20-17-,21-18-,30-27-,32-28-,41-38-. The van der Waals surface area contributed by atoms with Gasteiger partial charge in [-0.05, 0) is 77.0 Å². The van der Waals surface area contributed by atoms with Gasteiger partial charge in [0, 0.05) is 19.3 Å². The van der Waals surface area contributed by atoms with Crippen LogP contribution in [0.5, 0.6) is 0 Å². The van der Waals surface area contributed by atoms with Crippen molar-refractivity contribution in [1.82, 2.24) is 0 Å². The summed E-state index contributed by atoms with van der Waals surface area (Å²) in [5, 5.41) is 0. The lowest BCUT2D eigenvalue weighted by Crippen LogP contribution is -2.30. The monoisotopic (exact) mass is 821 g/mol. The van der Waals surface area contributed by atoms with Crippen molar-refractivity contribution < 1.29 is 28.6 Å². The number of carbonyl (C=O) groups is 3. The number of hydrogen-bond acceptors (Lipinski definition) is 6. The number of esters is 3. The van der Waals surface area contributed by atoms with Crippen molar-refractivity contribution in [3.05, 3.63) is 85.1 Å². The number of carbonyl (C=O) groups excluding carboxylic acids is 3. The first-order valence-corrected chi connectivity index (χ1v) is 24.1. The molecule has 0 aliphatic rings. The van der Waals surface area contributed by atoms with Crippen molar-refractivity contribution in [3.63, 3.8) is 0 Å². The highest BCUT2D eigenvalue weighted by Crippen LogP contribution is 2.14. The van der Waals surface area contributed by atoms with Gasteiger partial charge >= 0.3 is 17.9 Å². The van der Waals surface area contributed by atoms with E-state index in [0.717, 1.165) is 89.9 Å². The molecule has 0 aliphatic heterocycles. The molecule has 0 aromatic rings. The van der Waals surface area contributed by atoms with E-state index in [1.165, 1.54) is 77.0 Å². The van der Waals surface area contributed by atoms with Gasteiger partial charge in [0.25, 0.3) is 0 Å². The number of allylic oxidation sites excluding steroid dienone is 14. The van der Waals surface area contributed by atoms with Crippen LogP contribution in [0.15, 0.2) is 85.1 Å². The van der Waals surface area contributed by atoms with Gasteiger partial charge in [0.15, 0.2) is 6.10 Å². The minimum atomic E-state index is -0.823. The van der Waals surface area contributed by atoms with Crippen LogP contribution in [0.4, 0.5) is 0 Å². The highest BCUT2D eigenvalue weighted by Gasteiger charge is 2.19. The zero-order valence-electron chi connectivity index (χ0n) is 38.2. The third-order valence-corrected chi connectivity index (χ3v) is 9.91. The Labute approximate surface area is 363 Å². The van der Waals surface area contributed by atoms with Crippen molar-refractivity contribution >= 4 is 17.9 Å². The van der Waals surface area contributed by atoms with Gasteiger partial charge in [0.1, 0.15) is 13.2 Å². The third kappa shape index (κ3) is 45.5. The summed E-state index contributed by atoms with van der Waals surface area (Å²) in [6, 6.07) is 0. The van der Waals surface area contributed by atoms with E-state index in [4.69, 9.17) is 14.2 Å². The van der Waals surface area contributed by atoms with Gasteiger partial charge < -0.3 is 14.2 Å². The second-order valence-electron chi connectivity index (χ2n) is 15.6. The van der Waals surface area contributed by atoms with Crippen LogP contribution in [0, 0.1) is 0 Å². The van der Waals surface area contributed by atoms with Crippen LogP contribution in [0.3, 0.4) is 0 Å². The lowest BCUT2D eigenvalue weighted by molar-refractivity contribution is -0.166. The van der Waals surface area contributed by atoms with Gasteiger partial charge in [-0.25, -0.2) is 0 Å². The molecule has 6 heteroatoms. The SMILES string of the molecule is CC/C=C\C/C=C\C/C=C\C/C=C\CCC(=O)OC(COC(=O)CCCCC/C=C\C/C=C\C/C=C\CC)COC(=O)CCCCCCCCCCCCCCCCC. The highest BCUT2D eigenvalue weighted by molar-refractivity contribution is 5.71. The average molecular weight is 821 g/mol. The molecule has 0 spiro atoms. The van der Waals surface area contributed by atoms with Gasteiger partial charge in [0.2, 0.25) is 0 Å². The Kier molecular flexibility index (Phi) is 44.5. The molecular weight excluding hydrogens is 733 g/mol. The summed E-state index contributed by atoms with van der Waals surface area (Å²) in [5.41, 5.74) is 0. The van der Waals surface area contributed by atoms with Gasteiger partial charge in [0.05, 0.1) is 0 Å². The van der Waals surface area contributed by atoms with Crippen molar-refractivity contribution in [3.8, 4) is 0 Å². The fourth-order valence-electron chi connectivity index (χ4n) is 6.35. The summed E-state index contributed by atoms with van der Waals surface area (Å²) >= 11 is 0. The molecule has 0 saturated carbocycles. The quantitative estimate of drug-likeness (QED) is 0.0264. The first-order valence-electron chi connectivity index (χ1n) is 24.1. The van der Waals surface area contributed by atoms with Crippen LogP contribution >= 0.6 is 0 Å². The normalized spacial score (nSPS) is 12.8. The van der Waals surface area contributed by atoms with E-state index in [1.54, 1.807) is 0 Å². The molecule has 6 nitrogen and oxygen atoms in total. The summed E-state index contributed by atoms with van der Waals surface area (Å²) in [6.45, 7) is 6.31. The van der Waals surface area contributed by atoms with Crippen molar-refractivity contribution in [2.75, 3.05) is 13.2 Å². The zero-order valence-corrected chi connectivity index (χ0v) is 38.2. The van der Waals surface area contributed by atoms with E-state index in [0.29, 0.717) is 19.3 Å². The summed E-state index contributed by atoms with van der Waals surface area (Å²) in [7, 11) is 0. The first-order chi connectivity index (χ1) is 29.0. The Morgan fingerprint density at radius 2 is 0.695 bits per heavy atom. The maximum absolute atomic E-state index is 12.7. The molecule has 0 fully saturated rings. The molecule has 0 aliphatic carbocycles. The van der Waals surface area contributed by atoms with E-state index in [9.17, 15) is 14.4 Å². The molecule has 59 heavy (non-hydrogen) atoms. The first kappa shape index (κ1) is 55.6. The van der Waals surface area contributed by atoms with E-state index in [-0.39, 0.29) is 31.6 Å². The van der Waals surface area contributed by atoms with Crippen LogP contribution < -0.4 is 0 Å². The Hall–Kier alpha value is -3.41. The minimum Gasteiger partial charge on any atom is -0.462 e. The molecule has 0 radical (unpaired) electrons. The molecule has 0 rings (SSSR count). The summed E-state index contributed by atoms with van der Waals surface area (Å²) in [5.74, 6) is -1.03. The van der Waals surface area contributed by atoms with E-state index in [1.807, 2.05) is 12.2 Å². The van der Waals surface area contributed by atoms with Crippen LogP contribution in [0.25, 0.3) is 0 Å². The lowest BCUT2D eigenvalue weighted by atomic mass is 10.0. The molecule has 0 aromatic carbocycles. The third-order valence-electron chi connectivity index (χ3n) is 9.91. The molecule has 0 N–H and O–H groups in total. The van der Waals surface area contributed by atoms with Crippen LogP contribution in [0.2, 0.25) is 0 Å². The topological polar surface area (TPSA) is 78.9 Å². The molecule has 0 heterocycles. The second-order valence-corrected chi connectivity index (χ2v) is 15.6. The van der Waals surface area contributed by atoms with Gasteiger partial charge in [-0.2, -0.15) is 0 Å². The molecule has 0 saturated heterocycles. The highest BCUT2D eigenvalue weighted by atomic mass is 16.6. The maximum atomic E-state index is 12.7. The molecule has 0 bridgehead atoms. The smallest absolute Gasteiger partial charge is 0.306 e. The molecule has 0 amide bonds. The fourth-order valence-corrected chi connectivity index (χ4v) is 6.35. The lowest BCUT2D eigenvalue weighted by Gasteiger charge is -2.18. The van der Waals surface area contributed by atoms with E-state index in [2.05, 4.69) is 93.7 Å². The largest absolute Gasteiger partial charge is 0.462 e. The fraction of sp³-hybridized carbons (Fsp3) is 0.679. The predicted octanol–water partition coefficient (Wildman–Crippen LogP) is 15.6. The Balaban J connectivity index is 4.50. The number of ether oxygens (including phenoxy) is 3. The van der Waals surface area contributed by atoms with Crippen LogP contribution in [-0.2, 0) is 28.6 Å². The second kappa shape index (κ2) is 47.3. The van der Waals surface area contributed by atoms with Crippen LogP contribution in [-0.4, -0.2) is 37.2 Å². The van der Waals surface area contributed by atoms with Gasteiger partial charge in [-0.1, -0.05) is 202 Å². The van der Waals surface area contributed by atoms with Crippen molar-refractivity contribution in [2.24, 2.45) is 0 Å². The number of rotatable bonds is 42. The van der Waals surface area contributed by atoms with Crippen molar-refractivity contribution in [2.45, 2.75) is 219 Å². The van der Waals surface area contributed by atoms with E-state index >= 15 is 0 Å². The van der Waals surface area contributed by atoms with Crippen LogP contribution in [0.1, 0.15) is 213 Å². The maximum Gasteiger partial charge on any atom is 0.306 e. The Bertz CT molecular complexity index is 1170. The Morgan fingerprint density at radius 1 is 0.356 bits per heavy atom. The molecule has 0 aromatic heterocycles. The number of unbranched alkanes of at least 4 members (excludes halogenated alkanes) is 17. The summed E-state index contributed by atoms with van der Waals surface area (Å²) < 4.78 is 16.6. The molecule has 336 valence electrons. The molecular formula is C53H88O6. The molecule has 1 unspecified atom stereocenters.